The zero-order valence-electron chi connectivity index (χ0n) is 10.5. The molecule has 1 heterocycles. The van der Waals surface area contributed by atoms with Gasteiger partial charge < -0.3 is 0 Å². The number of fused-ring (bicyclic) bond motifs is 1. The van der Waals surface area contributed by atoms with Gasteiger partial charge in [-0.1, -0.05) is 18.6 Å². The van der Waals surface area contributed by atoms with Crippen LogP contribution in [0.1, 0.15) is 44.0 Å². The number of alkyl halides is 3. The molecule has 0 bridgehead atoms. The van der Waals surface area contributed by atoms with Crippen molar-refractivity contribution in [1.82, 2.24) is 15.0 Å². The van der Waals surface area contributed by atoms with Gasteiger partial charge in [-0.25, -0.2) is 4.68 Å². The van der Waals surface area contributed by atoms with Crippen LogP contribution in [0.4, 0.5) is 13.2 Å². The molecule has 2 rings (SSSR count). The van der Waals surface area contributed by atoms with Gasteiger partial charge in [0.25, 0.3) is 0 Å². The van der Waals surface area contributed by atoms with Gasteiger partial charge in [-0.15, -0.1) is 5.10 Å². The molecule has 1 atom stereocenters. The van der Waals surface area contributed by atoms with E-state index in [2.05, 4.69) is 10.3 Å². The van der Waals surface area contributed by atoms with Gasteiger partial charge in [-0.2, -0.15) is 13.2 Å². The quantitative estimate of drug-likeness (QED) is 0.833. The third kappa shape index (κ3) is 3.23. The fourth-order valence-electron chi connectivity index (χ4n) is 2.48. The van der Waals surface area contributed by atoms with E-state index in [4.69, 9.17) is 0 Å². The van der Waals surface area contributed by atoms with E-state index in [0.29, 0.717) is 13.0 Å². The molecule has 6 heteroatoms. The van der Waals surface area contributed by atoms with Crippen LogP contribution in [0.5, 0.6) is 0 Å². The van der Waals surface area contributed by atoms with Gasteiger partial charge in [-0.3, -0.25) is 0 Å². The Bertz CT molecular complexity index is 398. The van der Waals surface area contributed by atoms with Crippen LogP contribution >= 0.6 is 0 Å². The van der Waals surface area contributed by atoms with Crippen molar-refractivity contribution in [1.29, 1.82) is 0 Å². The monoisotopic (exact) mass is 261 g/mol. The predicted molar refractivity (Wildman–Crippen MR) is 61.1 cm³/mol. The molecule has 0 radical (unpaired) electrons. The van der Waals surface area contributed by atoms with Crippen molar-refractivity contribution in [2.75, 3.05) is 0 Å². The van der Waals surface area contributed by atoms with Gasteiger partial charge >= 0.3 is 6.18 Å². The van der Waals surface area contributed by atoms with E-state index in [-0.39, 0.29) is 0 Å². The molecule has 0 aromatic carbocycles. The highest BCUT2D eigenvalue weighted by molar-refractivity contribution is 5.13. The Morgan fingerprint density at radius 1 is 1.28 bits per heavy atom. The predicted octanol–water partition coefficient (Wildman–Crippen LogP) is 3.14. The minimum absolute atomic E-state index is 0.332. The van der Waals surface area contributed by atoms with Crippen molar-refractivity contribution in [3.63, 3.8) is 0 Å². The minimum Gasteiger partial charge on any atom is -0.249 e. The Balaban J connectivity index is 2.05. The molecule has 0 aliphatic heterocycles. The molecule has 3 nitrogen and oxygen atoms in total. The second-order valence-electron chi connectivity index (χ2n) is 4.97. The molecule has 0 saturated carbocycles. The Kier molecular flexibility index (Phi) is 3.92. The summed E-state index contributed by atoms with van der Waals surface area (Å²) in [6.07, 6.45) is -0.342. The largest absolute Gasteiger partial charge is 0.389 e. The number of hydrogen-bond acceptors (Lipinski definition) is 2. The van der Waals surface area contributed by atoms with Gasteiger partial charge in [0.2, 0.25) is 0 Å². The summed E-state index contributed by atoms with van der Waals surface area (Å²) in [6, 6.07) is 0. The first-order chi connectivity index (χ1) is 8.49. The lowest BCUT2D eigenvalue weighted by molar-refractivity contribution is -0.145. The molecule has 102 valence electrons. The summed E-state index contributed by atoms with van der Waals surface area (Å²) in [7, 11) is 0. The molecule has 0 N–H and O–H groups in total. The zero-order valence-corrected chi connectivity index (χ0v) is 10.5. The standard InChI is InChI=1S/C12H18F3N3/c1-2-9(7-12(13,14)15)8-18-11-6-4-3-5-10(11)16-17-18/h9H,2-8H2,1H3. The molecule has 1 aromatic rings. The Labute approximate surface area is 104 Å². The summed E-state index contributed by atoms with van der Waals surface area (Å²) in [6.45, 7) is 2.12. The average molecular weight is 261 g/mol. The normalized spacial score (nSPS) is 17.6. The number of rotatable bonds is 4. The third-order valence-corrected chi connectivity index (χ3v) is 3.52. The van der Waals surface area contributed by atoms with E-state index in [0.717, 1.165) is 37.1 Å². The van der Waals surface area contributed by atoms with Crippen LogP contribution in [0.3, 0.4) is 0 Å². The van der Waals surface area contributed by atoms with Gasteiger partial charge in [-0.05, 0) is 31.6 Å². The van der Waals surface area contributed by atoms with Crippen molar-refractivity contribution in [3.8, 4) is 0 Å². The molecule has 18 heavy (non-hydrogen) atoms. The smallest absolute Gasteiger partial charge is 0.249 e. The van der Waals surface area contributed by atoms with Gasteiger partial charge in [0.1, 0.15) is 0 Å². The first-order valence-electron chi connectivity index (χ1n) is 6.47. The third-order valence-electron chi connectivity index (χ3n) is 3.52. The van der Waals surface area contributed by atoms with E-state index >= 15 is 0 Å². The molecule has 1 unspecified atom stereocenters. The van der Waals surface area contributed by atoms with Gasteiger partial charge in [0.15, 0.2) is 0 Å². The highest BCUT2D eigenvalue weighted by atomic mass is 19.4. The topological polar surface area (TPSA) is 30.7 Å². The van der Waals surface area contributed by atoms with Crippen molar-refractivity contribution >= 4 is 0 Å². The van der Waals surface area contributed by atoms with Crippen LogP contribution in [-0.4, -0.2) is 21.2 Å². The maximum atomic E-state index is 12.4. The van der Waals surface area contributed by atoms with Crippen LogP contribution < -0.4 is 0 Å². The molecule has 0 saturated heterocycles. The van der Waals surface area contributed by atoms with E-state index in [1.54, 1.807) is 11.6 Å². The van der Waals surface area contributed by atoms with Crippen molar-refractivity contribution in [2.24, 2.45) is 5.92 Å². The van der Waals surface area contributed by atoms with Crippen molar-refractivity contribution in [2.45, 2.75) is 58.2 Å². The van der Waals surface area contributed by atoms with E-state index in [1.165, 1.54) is 0 Å². The molecular weight excluding hydrogens is 243 g/mol. The van der Waals surface area contributed by atoms with Crippen LogP contribution in [-0.2, 0) is 19.4 Å². The highest BCUT2D eigenvalue weighted by Gasteiger charge is 2.32. The summed E-state index contributed by atoms with van der Waals surface area (Å²) in [5.74, 6) is -0.405. The number of halogens is 3. The van der Waals surface area contributed by atoms with Gasteiger partial charge in [0, 0.05) is 13.0 Å². The molecule has 0 amide bonds. The number of nitrogens with zero attached hydrogens (tertiary/aromatic N) is 3. The molecule has 0 fully saturated rings. The van der Waals surface area contributed by atoms with E-state index in [1.807, 2.05) is 0 Å². The maximum absolute atomic E-state index is 12.4. The second kappa shape index (κ2) is 5.28. The van der Waals surface area contributed by atoms with Gasteiger partial charge in [0.05, 0.1) is 11.4 Å². The summed E-state index contributed by atoms with van der Waals surface area (Å²) in [4.78, 5) is 0. The number of aromatic nitrogens is 3. The lowest BCUT2D eigenvalue weighted by atomic mass is 9.99. The lowest BCUT2D eigenvalue weighted by Crippen LogP contribution is -2.21. The molecular formula is C12H18F3N3. The molecule has 1 aliphatic rings. The van der Waals surface area contributed by atoms with Crippen molar-refractivity contribution in [3.05, 3.63) is 11.4 Å². The molecule has 1 aromatic heterocycles. The lowest BCUT2D eigenvalue weighted by Gasteiger charge is -2.19. The summed E-state index contributed by atoms with van der Waals surface area (Å²) in [5.41, 5.74) is 2.02. The first kappa shape index (κ1) is 13.4. The SMILES string of the molecule is CCC(Cn1nnc2c1CCCC2)CC(F)(F)F. The Morgan fingerprint density at radius 2 is 2.00 bits per heavy atom. The maximum Gasteiger partial charge on any atom is 0.389 e. The van der Waals surface area contributed by atoms with Crippen LogP contribution in [0.2, 0.25) is 0 Å². The first-order valence-corrected chi connectivity index (χ1v) is 6.47. The number of aryl methyl sites for hydroxylation is 1. The second-order valence-corrected chi connectivity index (χ2v) is 4.97. The van der Waals surface area contributed by atoms with Crippen LogP contribution in [0.15, 0.2) is 0 Å². The van der Waals surface area contributed by atoms with Crippen molar-refractivity contribution < 1.29 is 13.2 Å². The minimum atomic E-state index is -4.10. The molecule has 0 spiro atoms. The van der Waals surface area contributed by atoms with E-state index < -0.39 is 18.5 Å². The fourth-order valence-corrected chi connectivity index (χ4v) is 2.48. The number of hydrogen-bond donors (Lipinski definition) is 0. The average Bonchev–Trinajstić information content (AvgIpc) is 2.70. The van der Waals surface area contributed by atoms with Crippen LogP contribution in [0, 0.1) is 5.92 Å². The zero-order chi connectivity index (χ0) is 13.2. The van der Waals surface area contributed by atoms with E-state index in [9.17, 15) is 13.2 Å². The molecule has 1 aliphatic carbocycles. The fraction of sp³-hybridized carbons (Fsp3) is 0.833. The summed E-state index contributed by atoms with van der Waals surface area (Å²) in [5, 5.41) is 8.09. The Morgan fingerprint density at radius 3 is 2.67 bits per heavy atom. The summed E-state index contributed by atoms with van der Waals surface area (Å²) < 4.78 is 38.9. The summed E-state index contributed by atoms with van der Waals surface area (Å²) >= 11 is 0. The Hall–Kier alpha value is -1.07. The highest BCUT2D eigenvalue weighted by Crippen LogP contribution is 2.28. The van der Waals surface area contributed by atoms with Crippen LogP contribution in [0.25, 0.3) is 0 Å².